The van der Waals surface area contributed by atoms with Crippen LogP contribution in [0.4, 0.5) is 0 Å². The summed E-state index contributed by atoms with van der Waals surface area (Å²) in [6.07, 6.45) is 14.8. The molecule has 0 atom stereocenters. The van der Waals surface area contributed by atoms with E-state index in [4.69, 9.17) is 11.5 Å². The molecule has 0 bridgehead atoms. The molecule has 0 saturated heterocycles. The third kappa shape index (κ3) is 6.91. The van der Waals surface area contributed by atoms with Crippen LogP contribution in [0.15, 0.2) is 0 Å². The molecule has 0 aromatic carbocycles. The average molecular weight is 212 g/mol. The van der Waals surface area contributed by atoms with Crippen LogP contribution in [0.1, 0.15) is 70.6 Å². The molecule has 2 saturated carbocycles. The summed E-state index contributed by atoms with van der Waals surface area (Å²) < 4.78 is 0. The highest BCUT2D eigenvalue weighted by atomic mass is 14.6. The van der Waals surface area contributed by atoms with Crippen molar-refractivity contribution >= 4 is 0 Å². The van der Waals surface area contributed by atoms with Crippen LogP contribution in [0, 0.1) is 0 Å². The van der Waals surface area contributed by atoms with E-state index in [2.05, 4.69) is 0 Å². The molecule has 2 fully saturated rings. The van der Waals surface area contributed by atoms with Crippen LogP contribution < -0.4 is 11.5 Å². The maximum Gasteiger partial charge on any atom is 0.00388 e. The van der Waals surface area contributed by atoms with Crippen molar-refractivity contribution in [2.45, 2.75) is 82.7 Å². The van der Waals surface area contributed by atoms with Gasteiger partial charge < -0.3 is 11.5 Å². The quantitative estimate of drug-likeness (QED) is 0.648. The van der Waals surface area contributed by atoms with Crippen LogP contribution >= 0.6 is 0 Å². The summed E-state index contributed by atoms with van der Waals surface area (Å²) in [5, 5.41) is 0. The molecule has 2 heteroatoms. The fourth-order valence-corrected chi connectivity index (χ4v) is 2.45. The molecule has 0 spiro atoms. The third-order valence-electron chi connectivity index (χ3n) is 3.55. The zero-order valence-electron chi connectivity index (χ0n) is 10.1. The summed E-state index contributed by atoms with van der Waals surface area (Å²) in [5.74, 6) is 0. The van der Waals surface area contributed by atoms with Crippen molar-refractivity contribution in [2.24, 2.45) is 11.5 Å². The van der Waals surface area contributed by atoms with E-state index < -0.39 is 0 Å². The Labute approximate surface area is 94.8 Å². The first-order valence-electron chi connectivity index (χ1n) is 6.80. The highest BCUT2D eigenvalue weighted by Gasteiger charge is 2.07. The lowest BCUT2D eigenvalue weighted by atomic mass is 9.98. The Bertz CT molecular complexity index is 133. The van der Waals surface area contributed by atoms with Gasteiger partial charge in [-0.3, -0.25) is 0 Å². The van der Waals surface area contributed by atoms with Gasteiger partial charge in [0.15, 0.2) is 0 Å². The van der Waals surface area contributed by atoms with E-state index in [1.54, 1.807) is 0 Å². The van der Waals surface area contributed by atoms with Crippen LogP contribution in [-0.4, -0.2) is 12.1 Å². The van der Waals surface area contributed by atoms with Gasteiger partial charge in [0.05, 0.1) is 0 Å². The topological polar surface area (TPSA) is 52.0 Å². The summed E-state index contributed by atoms with van der Waals surface area (Å²) in [4.78, 5) is 0. The van der Waals surface area contributed by atoms with Crippen molar-refractivity contribution in [1.29, 1.82) is 0 Å². The van der Waals surface area contributed by atoms with Gasteiger partial charge in [-0.05, 0) is 25.7 Å². The molecule has 2 aliphatic carbocycles. The van der Waals surface area contributed by atoms with Crippen LogP contribution in [0.25, 0.3) is 0 Å². The van der Waals surface area contributed by atoms with Crippen LogP contribution in [0.2, 0.25) is 0 Å². The lowest BCUT2D eigenvalue weighted by Crippen LogP contribution is -2.20. The monoisotopic (exact) mass is 212 g/mol. The fraction of sp³-hybridized carbons (Fsp3) is 1.00. The smallest absolute Gasteiger partial charge is 0.00388 e. The zero-order chi connectivity index (χ0) is 10.9. The Morgan fingerprint density at radius 2 is 0.733 bits per heavy atom. The molecule has 2 rings (SSSR count). The Kier molecular flexibility index (Phi) is 7.03. The second kappa shape index (κ2) is 8.12. The Morgan fingerprint density at radius 1 is 0.467 bits per heavy atom. The first-order chi connectivity index (χ1) is 7.29. The van der Waals surface area contributed by atoms with Gasteiger partial charge in [0.25, 0.3) is 0 Å². The lowest BCUT2D eigenvalue weighted by molar-refractivity contribution is 0.453. The van der Waals surface area contributed by atoms with Crippen LogP contribution in [0.3, 0.4) is 0 Å². The Morgan fingerprint density at radius 3 is 1.13 bits per heavy atom. The minimum atomic E-state index is 0.519. The van der Waals surface area contributed by atoms with Gasteiger partial charge in [0.2, 0.25) is 0 Å². The molecule has 90 valence electrons. The lowest BCUT2D eigenvalue weighted by Gasteiger charge is -2.13. The van der Waals surface area contributed by atoms with Gasteiger partial charge in [0.1, 0.15) is 0 Å². The van der Waals surface area contributed by atoms with Gasteiger partial charge in [-0.1, -0.05) is 44.9 Å². The second-order valence-electron chi connectivity index (χ2n) is 5.15. The van der Waals surface area contributed by atoms with Crippen molar-refractivity contribution in [3.8, 4) is 0 Å². The van der Waals surface area contributed by atoms with Crippen molar-refractivity contribution in [2.75, 3.05) is 0 Å². The number of nitrogens with two attached hydrogens (primary N) is 2. The molecule has 0 radical (unpaired) electrons. The van der Waals surface area contributed by atoms with Gasteiger partial charge in [-0.15, -0.1) is 0 Å². The Balaban J connectivity index is 0.000000162. The maximum absolute atomic E-state index is 5.80. The summed E-state index contributed by atoms with van der Waals surface area (Å²) in [7, 11) is 0. The summed E-state index contributed by atoms with van der Waals surface area (Å²) in [6.45, 7) is 0. The van der Waals surface area contributed by atoms with Gasteiger partial charge >= 0.3 is 0 Å². The van der Waals surface area contributed by atoms with E-state index >= 15 is 0 Å². The van der Waals surface area contributed by atoms with E-state index in [9.17, 15) is 0 Å². The van der Waals surface area contributed by atoms with Crippen LogP contribution in [0.5, 0.6) is 0 Å². The summed E-state index contributed by atoms with van der Waals surface area (Å²) >= 11 is 0. The largest absolute Gasteiger partial charge is 0.328 e. The first-order valence-corrected chi connectivity index (χ1v) is 6.80. The standard InChI is InChI=1S/C8H17N.C5H11N/c9-8-6-4-2-1-3-5-7-8;6-5-3-1-2-4-5/h8H,1-7,9H2;5H,1-4,6H2. The minimum Gasteiger partial charge on any atom is -0.328 e. The van der Waals surface area contributed by atoms with E-state index in [0.717, 1.165) is 0 Å². The van der Waals surface area contributed by atoms with Crippen molar-refractivity contribution in [3.63, 3.8) is 0 Å². The van der Waals surface area contributed by atoms with Gasteiger partial charge in [-0.25, -0.2) is 0 Å². The number of hydrogen-bond acceptors (Lipinski definition) is 2. The number of rotatable bonds is 0. The van der Waals surface area contributed by atoms with Crippen LogP contribution in [-0.2, 0) is 0 Å². The second-order valence-corrected chi connectivity index (χ2v) is 5.15. The average Bonchev–Trinajstić information content (AvgIpc) is 2.64. The molecule has 0 unspecified atom stereocenters. The fourth-order valence-electron chi connectivity index (χ4n) is 2.45. The van der Waals surface area contributed by atoms with Crippen molar-refractivity contribution in [1.82, 2.24) is 0 Å². The minimum absolute atomic E-state index is 0.519. The number of hydrogen-bond donors (Lipinski definition) is 2. The summed E-state index contributed by atoms with van der Waals surface area (Å²) in [6, 6.07) is 1.07. The molecule has 0 aliphatic heterocycles. The molecule has 0 heterocycles. The molecule has 0 aromatic heterocycles. The van der Waals surface area contributed by atoms with Crippen molar-refractivity contribution in [3.05, 3.63) is 0 Å². The molecule has 2 aliphatic rings. The highest BCUT2D eigenvalue weighted by molar-refractivity contribution is 4.67. The third-order valence-corrected chi connectivity index (χ3v) is 3.55. The van der Waals surface area contributed by atoms with E-state index in [1.807, 2.05) is 0 Å². The van der Waals surface area contributed by atoms with E-state index in [1.165, 1.54) is 70.6 Å². The molecule has 0 aromatic rings. The predicted octanol–water partition coefficient (Wildman–Crippen LogP) is 2.95. The molecule has 4 N–H and O–H groups in total. The molecular formula is C13H28N2. The zero-order valence-corrected chi connectivity index (χ0v) is 10.1. The predicted molar refractivity (Wildman–Crippen MR) is 66.7 cm³/mol. The normalized spacial score (nSPS) is 25.2. The molecule has 0 amide bonds. The highest BCUT2D eigenvalue weighted by Crippen LogP contribution is 2.15. The van der Waals surface area contributed by atoms with E-state index in [-0.39, 0.29) is 0 Å². The van der Waals surface area contributed by atoms with Crippen molar-refractivity contribution < 1.29 is 0 Å². The molecular weight excluding hydrogens is 184 g/mol. The molecule has 2 nitrogen and oxygen atoms in total. The Hall–Kier alpha value is -0.0800. The first kappa shape index (κ1) is 13.0. The van der Waals surface area contributed by atoms with Gasteiger partial charge in [-0.2, -0.15) is 0 Å². The SMILES string of the molecule is NC1CCCC1.NC1CCCCCCC1. The maximum atomic E-state index is 5.80. The van der Waals surface area contributed by atoms with Gasteiger partial charge in [0, 0.05) is 12.1 Å². The molecule has 15 heavy (non-hydrogen) atoms. The summed E-state index contributed by atoms with van der Waals surface area (Å²) in [5.41, 5.74) is 11.3. The van der Waals surface area contributed by atoms with E-state index in [0.29, 0.717) is 12.1 Å².